The minimum atomic E-state index is -0.994. The van der Waals surface area contributed by atoms with E-state index < -0.39 is 22.4 Å². The molecule has 3 rings (SSSR count). The molecule has 2 heterocycles. The molecule has 2 aromatic heterocycles. The SMILES string of the molecule is COc1ccc([N+](=O)[O-])cc1NC(=O)C(C)n1nc(-c2ccco2)ccc1=O. The predicted octanol–water partition coefficient (Wildman–Crippen LogP) is 2.62. The van der Waals surface area contributed by atoms with Crippen molar-refractivity contribution in [2.45, 2.75) is 13.0 Å². The van der Waals surface area contributed by atoms with Gasteiger partial charge in [0, 0.05) is 18.2 Å². The van der Waals surface area contributed by atoms with Crippen LogP contribution < -0.4 is 15.6 Å². The van der Waals surface area contributed by atoms with Crippen LogP contribution in [0.15, 0.2) is 57.9 Å². The Morgan fingerprint density at radius 2 is 2.11 bits per heavy atom. The number of furan rings is 1. The van der Waals surface area contributed by atoms with Crippen LogP contribution in [0.25, 0.3) is 11.5 Å². The van der Waals surface area contributed by atoms with Crippen LogP contribution in [0.4, 0.5) is 11.4 Å². The molecule has 28 heavy (non-hydrogen) atoms. The fraction of sp³-hybridized carbons (Fsp3) is 0.167. The summed E-state index contributed by atoms with van der Waals surface area (Å²) in [5.41, 5.74) is -0.191. The van der Waals surface area contributed by atoms with E-state index in [9.17, 15) is 19.7 Å². The van der Waals surface area contributed by atoms with Crippen molar-refractivity contribution >= 4 is 17.3 Å². The van der Waals surface area contributed by atoms with Gasteiger partial charge in [-0.15, -0.1) is 0 Å². The summed E-state index contributed by atoms with van der Waals surface area (Å²) in [7, 11) is 1.37. The Balaban J connectivity index is 1.90. The second-order valence-corrected chi connectivity index (χ2v) is 5.79. The molecule has 0 bridgehead atoms. The fourth-order valence-electron chi connectivity index (χ4n) is 2.51. The Hall–Kier alpha value is -3.95. The van der Waals surface area contributed by atoms with Gasteiger partial charge in [-0.3, -0.25) is 19.7 Å². The number of rotatable bonds is 6. The minimum Gasteiger partial charge on any atom is -0.495 e. The molecule has 0 saturated carbocycles. The van der Waals surface area contributed by atoms with Gasteiger partial charge in [0.1, 0.15) is 17.5 Å². The number of methoxy groups -OCH3 is 1. The number of anilines is 1. The van der Waals surface area contributed by atoms with Crippen LogP contribution in [-0.2, 0) is 4.79 Å². The van der Waals surface area contributed by atoms with Gasteiger partial charge in [-0.2, -0.15) is 5.10 Å². The van der Waals surface area contributed by atoms with E-state index in [-0.39, 0.29) is 17.1 Å². The van der Waals surface area contributed by atoms with E-state index in [1.54, 1.807) is 12.1 Å². The van der Waals surface area contributed by atoms with E-state index in [2.05, 4.69) is 10.4 Å². The van der Waals surface area contributed by atoms with Crippen LogP contribution in [0.5, 0.6) is 5.75 Å². The van der Waals surface area contributed by atoms with Gasteiger partial charge >= 0.3 is 0 Å². The highest BCUT2D eigenvalue weighted by molar-refractivity contribution is 5.95. The van der Waals surface area contributed by atoms with E-state index in [4.69, 9.17) is 9.15 Å². The number of nitrogens with one attached hydrogen (secondary N) is 1. The average Bonchev–Trinajstić information content (AvgIpc) is 3.22. The van der Waals surface area contributed by atoms with E-state index in [1.807, 2.05) is 0 Å². The van der Waals surface area contributed by atoms with Gasteiger partial charge in [-0.25, -0.2) is 4.68 Å². The third-order valence-electron chi connectivity index (χ3n) is 4.00. The summed E-state index contributed by atoms with van der Waals surface area (Å²) in [5.74, 6) is 0.0995. The van der Waals surface area contributed by atoms with Crippen LogP contribution in [0, 0.1) is 10.1 Å². The van der Waals surface area contributed by atoms with Crippen molar-refractivity contribution in [3.8, 4) is 17.2 Å². The molecule has 0 spiro atoms. The average molecular weight is 384 g/mol. The highest BCUT2D eigenvalue weighted by Crippen LogP contribution is 2.29. The molecule has 1 unspecified atom stereocenters. The number of carbonyl (C=O) groups is 1. The number of aromatic nitrogens is 2. The van der Waals surface area contributed by atoms with Crippen molar-refractivity contribution in [2.24, 2.45) is 0 Å². The van der Waals surface area contributed by atoms with Gasteiger partial charge in [0.15, 0.2) is 5.76 Å². The molecule has 1 atom stereocenters. The van der Waals surface area contributed by atoms with Crippen LogP contribution in [0.2, 0.25) is 0 Å². The van der Waals surface area contributed by atoms with Crippen molar-refractivity contribution in [3.05, 3.63) is 69.2 Å². The van der Waals surface area contributed by atoms with E-state index >= 15 is 0 Å². The van der Waals surface area contributed by atoms with Gasteiger partial charge in [0.05, 0.1) is 24.0 Å². The molecule has 0 aliphatic rings. The summed E-state index contributed by atoms with van der Waals surface area (Å²) in [4.78, 5) is 35.2. The summed E-state index contributed by atoms with van der Waals surface area (Å²) in [6.07, 6.45) is 1.47. The van der Waals surface area contributed by atoms with E-state index in [0.29, 0.717) is 11.5 Å². The molecular formula is C18H16N4O6. The number of hydrogen-bond acceptors (Lipinski definition) is 7. The summed E-state index contributed by atoms with van der Waals surface area (Å²) in [6, 6.07) is 8.95. The van der Waals surface area contributed by atoms with Crippen LogP contribution in [0.3, 0.4) is 0 Å². The lowest BCUT2D eigenvalue weighted by Gasteiger charge is -2.16. The standard InChI is InChI=1S/C18H16N4O6/c1-11(21-17(23)8-6-13(20-21)16-4-3-9-28-16)18(24)19-14-10-12(22(25)26)5-7-15(14)27-2/h3-11H,1-2H3,(H,19,24). The predicted molar refractivity (Wildman–Crippen MR) is 99.2 cm³/mol. The Bertz CT molecular complexity index is 1070. The van der Waals surface area contributed by atoms with Crippen molar-refractivity contribution in [2.75, 3.05) is 12.4 Å². The molecule has 0 fully saturated rings. The zero-order chi connectivity index (χ0) is 20.3. The van der Waals surface area contributed by atoms with Crippen LogP contribution in [0.1, 0.15) is 13.0 Å². The van der Waals surface area contributed by atoms with Crippen LogP contribution in [-0.4, -0.2) is 27.7 Å². The smallest absolute Gasteiger partial charge is 0.271 e. The van der Waals surface area contributed by atoms with Crippen molar-refractivity contribution in [1.82, 2.24) is 9.78 Å². The van der Waals surface area contributed by atoms with Crippen LogP contribution >= 0.6 is 0 Å². The Morgan fingerprint density at radius 1 is 1.32 bits per heavy atom. The number of amides is 1. The maximum absolute atomic E-state index is 12.7. The van der Waals surface area contributed by atoms with Crippen molar-refractivity contribution in [1.29, 1.82) is 0 Å². The minimum absolute atomic E-state index is 0.115. The fourth-order valence-corrected chi connectivity index (χ4v) is 2.51. The first-order chi connectivity index (χ1) is 13.4. The Kier molecular flexibility index (Phi) is 5.21. The largest absolute Gasteiger partial charge is 0.495 e. The van der Waals surface area contributed by atoms with E-state index in [1.165, 1.54) is 50.6 Å². The molecule has 10 heteroatoms. The number of ether oxygens (including phenoxy) is 1. The normalized spacial score (nSPS) is 11.6. The lowest BCUT2D eigenvalue weighted by molar-refractivity contribution is -0.384. The first-order valence-corrected chi connectivity index (χ1v) is 8.17. The molecular weight excluding hydrogens is 368 g/mol. The number of nitro groups is 1. The summed E-state index contributed by atoms with van der Waals surface area (Å²) >= 11 is 0. The molecule has 0 saturated heterocycles. The third kappa shape index (κ3) is 3.75. The summed E-state index contributed by atoms with van der Waals surface area (Å²) in [6.45, 7) is 1.49. The third-order valence-corrected chi connectivity index (χ3v) is 4.00. The summed E-state index contributed by atoms with van der Waals surface area (Å²) < 4.78 is 11.4. The molecule has 0 radical (unpaired) electrons. The highest BCUT2D eigenvalue weighted by atomic mass is 16.6. The van der Waals surface area contributed by atoms with Gasteiger partial charge in [0.25, 0.3) is 11.2 Å². The number of nitro benzene ring substituents is 1. The first-order valence-electron chi connectivity index (χ1n) is 8.17. The number of hydrogen-bond donors (Lipinski definition) is 1. The monoisotopic (exact) mass is 384 g/mol. The second-order valence-electron chi connectivity index (χ2n) is 5.79. The maximum Gasteiger partial charge on any atom is 0.271 e. The Morgan fingerprint density at radius 3 is 2.75 bits per heavy atom. The highest BCUT2D eigenvalue weighted by Gasteiger charge is 2.21. The maximum atomic E-state index is 12.7. The molecule has 1 N–H and O–H groups in total. The molecule has 0 aliphatic carbocycles. The lowest BCUT2D eigenvalue weighted by Crippen LogP contribution is -2.33. The summed E-state index contributed by atoms with van der Waals surface area (Å²) in [5, 5.41) is 17.7. The van der Waals surface area contributed by atoms with Crippen molar-refractivity contribution in [3.63, 3.8) is 0 Å². The second kappa shape index (κ2) is 7.74. The molecule has 0 aliphatic heterocycles. The topological polar surface area (TPSA) is 130 Å². The van der Waals surface area contributed by atoms with Gasteiger partial charge in [-0.05, 0) is 31.2 Å². The van der Waals surface area contributed by atoms with Gasteiger partial charge < -0.3 is 14.5 Å². The zero-order valence-corrected chi connectivity index (χ0v) is 15.0. The Labute approximate surface area is 158 Å². The van der Waals surface area contributed by atoms with Crippen molar-refractivity contribution < 1.29 is 18.9 Å². The zero-order valence-electron chi connectivity index (χ0n) is 15.0. The number of benzene rings is 1. The number of nitrogens with zero attached hydrogens (tertiary/aromatic N) is 3. The van der Waals surface area contributed by atoms with Gasteiger partial charge in [-0.1, -0.05) is 0 Å². The lowest BCUT2D eigenvalue weighted by atomic mass is 10.2. The molecule has 144 valence electrons. The molecule has 10 nitrogen and oxygen atoms in total. The van der Waals surface area contributed by atoms with E-state index in [0.717, 1.165) is 4.68 Å². The molecule has 1 amide bonds. The molecule has 3 aromatic rings. The van der Waals surface area contributed by atoms with Gasteiger partial charge in [0.2, 0.25) is 5.91 Å². The quantitative estimate of drug-likeness (QED) is 0.511. The molecule has 1 aromatic carbocycles. The number of non-ortho nitro benzene ring substituents is 1. The number of carbonyl (C=O) groups excluding carboxylic acids is 1. The first kappa shape index (κ1) is 18.8.